The highest BCUT2D eigenvalue weighted by atomic mass is 16.5. The van der Waals surface area contributed by atoms with Gasteiger partial charge in [0.05, 0.1) is 54.3 Å². The van der Waals surface area contributed by atoms with Gasteiger partial charge >= 0.3 is 0 Å². The van der Waals surface area contributed by atoms with E-state index in [-0.39, 0.29) is 34.0 Å². The van der Waals surface area contributed by atoms with Crippen LogP contribution in [0.4, 0.5) is 0 Å². The monoisotopic (exact) mass is 460 g/mol. The third kappa shape index (κ3) is 4.18. The zero-order chi connectivity index (χ0) is 24.1. The maximum Gasteiger partial charge on any atom is 0.239 e. The quantitative estimate of drug-likeness (QED) is 0.439. The average Bonchev–Trinajstić information content (AvgIpc) is 2.83. The maximum atomic E-state index is 13.5. The van der Waals surface area contributed by atoms with Crippen molar-refractivity contribution in [2.45, 2.75) is 13.8 Å². The number of fused-ring (bicyclic) bond motifs is 1. The Balaban J connectivity index is 2.45. The van der Waals surface area contributed by atoms with Crippen LogP contribution >= 0.6 is 0 Å². The first kappa shape index (κ1) is 23.9. The van der Waals surface area contributed by atoms with E-state index in [0.717, 1.165) is 0 Å². The van der Waals surface area contributed by atoms with Gasteiger partial charge in [0.25, 0.3) is 0 Å². The topological polar surface area (TPSA) is 94.8 Å². The standard InChI is InChI=1S/C24H28O9/c1-8-31-14-11-15(26-3)16(32-9-2)10-13(14)21-24(30-7)20(25)19-17(33-21)12-18(27-4)22(28-5)23(19)29-6/h10-12H,8-9H2,1-7H3. The molecule has 0 saturated carbocycles. The molecule has 0 unspecified atom stereocenters. The van der Waals surface area contributed by atoms with Gasteiger partial charge < -0.3 is 37.6 Å². The summed E-state index contributed by atoms with van der Waals surface area (Å²) in [5.74, 6) is 2.32. The number of hydrogen-bond acceptors (Lipinski definition) is 9. The first-order valence-electron chi connectivity index (χ1n) is 10.3. The number of rotatable bonds is 10. The smallest absolute Gasteiger partial charge is 0.239 e. The normalized spacial score (nSPS) is 10.6. The molecule has 9 nitrogen and oxygen atoms in total. The van der Waals surface area contributed by atoms with Crippen LogP contribution in [0.3, 0.4) is 0 Å². The van der Waals surface area contributed by atoms with E-state index < -0.39 is 5.43 Å². The molecule has 1 heterocycles. The van der Waals surface area contributed by atoms with Crippen molar-refractivity contribution in [2.75, 3.05) is 48.8 Å². The summed E-state index contributed by atoms with van der Waals surface area (Å²) in [6, 6.07) is 4.94. The maximum absolute atomic E-state index is 13.5. The Labute approximate surface area is 191 Å². The van der Waals surface area contributed by atoms with Gasteiger partial charge in [-0.05, 0) is 19.9 Å². The van der Waals surface area contributed by atoms with E-state index in [1.807, 2.05) is 13.8 Å². The van der Waals surface area contributed by atoms with Crippen molar-refractivity contribution in [2.24, 2.45) is 0 Å². The number of hydrogen-bond donors (Lipinski definition) is 0. The molecule has 1 aromatic heterocycles. The van der Waals surface area contributed by atoms with Crippen molar-refractivity contribution in [1.82, 2.24) is 0 Å². The summed E-state index contributed by atoms with van der Waals surface area (Å²) >= 11 is 0. The summed E-state index contributed by atoms with van der Waals surface area (Å²) in [5, 5.41) is 0.159. The van der Waals surface area contributed by atoms with Crippen LogP contribution in [0.5, 0.6) is 40.2 Å². The van der Waals surface area contributed by atoms with Crippen molar-refractivity contribution < 1.29 is 37.6 Å². The lowest BCUT2D eigenvalue weighted by Crippen LogP contribution is -2.10. The fraction of sp³-hybridized carbons (Fsp3) is 0.375. The summed E-state index contributed by atoms with van der Waals surface area (Å²) < 4.78 is 45.0. The second-order valence-corrected chi connectivity index (χ2v) is 6.68. The van der Waals surface area contributed by atoms with Crippen molar-refractivity contribution in [3.63, 3.8) is 0 Å². The average molecular weight is 460 g/mol. The number of ether oxygens (including phenoxy) is 7. The summed E-state index contributed by atoms with van der Waals surface area (Å²) in [4.78, 5) is 13.5. The number of methoxy groups -OCH3 is 5. The van der Waals surface area contributed by atoms with Gasteiger partial charge in [0, 0.05) is 12.1 Å². The Morgan fingerprint density at radius 2 is 1.27 bits per heavy atom. The first-order valence-corrected chi connectivity index (χ1v) is 10.3. The SMILES string of the molecule is CCOc1cc(-c2oc3cc(OC)c(OC)c(OC)c3c(=O)c2OC)c(OCC)cc1OC. The van der Waals surface area contributed by atoms with Crippen molar-refractivity contribution >= 4 is 11.0 Å². The molecule has 9 heteroatoms. The molecular weight excluding hydrogens is 432 g/mol. The molecule has 0 spiro atoms. The Bertz CT molecular complexity index is 1200. The van der Waals surface area contributed by atoms with Gasteiger partial charge in [-0.25, -0.2) is 0 Å². The zero-order valence-electron chi connectivity index (χ0n) is 19.8. The first-order chi connectivity index (χ1) is 16.0. The molecule has 0 radical (unpaired) electrons. The molecule has 0 aliphatic rings. The molecule has 2 aromatic carbocycles. The third-order valence-electron chi connectivity index (χ3n) is 4.96. The predicted octanol–water partition coefficient (Wildman–Crippen LogP) is 4.30. The predicted molar refractivity (Wildman–Crippen MR) is 123 cm³/mol. The van der Waals surface area contributed by atoms with Gasteiger partial charge in [-0.15, -0.1) is 0 Å². The van der Waals surface area contributed by atoms with E-state index in [2.05, 4.69) is 0 Å². The molecule has 0 bridgehead atoms. The Morgan fingerprint density at radius 1 is 0.667 bits per heavy atom. The molecule has 33 heavy (non-hydrogen) atoms. The van der Waals surface area contributed by atoms with Crippen LogP contribution in [0.15, 0.2) is 27.4 Å². The highest BCUT2D eigenvalue weighted by Crippen LogP contribution is 2.47. The summed E-state index contributed by atoms with van der Waals surface area (Å²) in [5.41, 5.74) is 0.245. The zero-order valence-corrected chi connectivity index (χ0v) is 19.8. The molecule has 0 fully saturated rings. The lowest BCUT2D eigenvalue weighted by atomic mass is 10.1. The van der Waals surface area contributed by atoms with Gasteiger partial charge in [-0.2, -0.15) is 0 Å². The fourth-order valence-corrected chi connectivity index (χ4v) is 3.59. The van der Waals surface area contributed by atoms with Gasteiger partial charge in [-0.1, -0.05) is 0 Å². The van der Waals surface area contributed by atoms with Crippen LogP contribution in [0, 0.1) is 0 Å². The van der Waals surface area contributed by atoms with Gasteiger partial charge in [0.2, 0.25) is 16.9 Å². The molecule has 3 aromatic rings. The van der Waals surface area contributed by atoms with Crippen LogP contribution in [-0.4, -0.2) is 48.8 Å². The summed E-state index contributed by atoms with van der Waals surface area (Å²) in [7, 11) is 7.30. The highest BCUT2D eigenvalue weighted by Gasteiger charge is 2.27. The van der Waals surface area contributed by atoms with E-state index >= 15 is 0 Å². The van der Waals surface area contributed by atoms with E-state index in [9.17, 15) is 4.79 Å². The second kappa shape index (κ2) is 10.2. The molecule has 0 amide bonds. The van der Waals surface area contributed by atoms with Crippen LogP contribution in [-0.2, 0) is 0 Å². The van der Waals surface area contributed by atoms with Crippen LogP contribution in [0.25, 0.3) is 22.3 Å². The van der Waals surface area contributed by atoms with Crippen molar-refractivity contribution in [3.8, 4) is 51.6 Å². The highest BCUT2D eigenvalue weighted by molar-refractivity contribution is 5.92. The minimum absolute atomic E-state index is 0.0263. The molecule has 0 atom stereocenters. The molecule has 178 valence electrons. The molecular formula is C24H28O9. The Hall–Kier alpha value is -3.75. The largest absolute Gasteiger partial charge is 0.493 e. The minimum atomic E-state index is -0.442. The van der Waals surface area contributed by atoms with Crippen LogP contribution in [0.2, 0.25) is 0 Å². The van der Waals surface area contributed by atoms with E-state index in [1.54, 1.807) is 18.2 Å². The van der Waals surface area contributed by atoms with Crippen LogP contribution in [0.1, 0.15) is 13.8 Å². The lowest BCUT2D eigenvalue weighted by Gasteiger charge is -2.18. The molecule has 0 N–H and O–H groups in total. The van der Waals surface area contributed by atoms with Gasteiger partial charge in [0.1, 0.15) is 16.7 Å². The molecule has 0 aliphatic heterocycles. The number of benzene rings is 2. The second-order valence-electron chi connectivity index (χ2n) is 6.68. The Morgan fingerprint density at radius 3 is 1.82 bits per heavy atom. The van der Waals surface area contributed by atoms with Gasteiger partial charge in [0.15, 0.2) is 28.8 Å². The Kier molecular flexibility index (Phi) is 7.42. The van der Waals surface area contributed by atoms with E-state index in [0.29, 0.717) is 41.8 Å². The third-order valence-corrected chi connectivity index (χ3v) is 4.96. The summed E-state index contributed by atoms with van der Waals surface area (Å²) in [6.07, 6.45) is 0. The van der Waals surface area contributed by atoms with Crippen LogP contribution < -0.4 is 38.6 Å². The van der Waals surface area contributed by atoms with E-state index in [4.69, 9.17) is 37.6 Å². The molecule has 3 rings (SSSR count). The van der Waals surface area contributed by atoms with Crippen molar-refractivity contribution in [1.29, 1.82) is 0 Å². The van der Waals surface area contributed by atoms with E-state index in [1.165, 1.54) is 35.5 Å². The summed E-state index contributed by atoms with van der Waals surface area (Å²) in [6.45, 7) is 4.50. The fourth-order valence-electron chi connectivity index (χ4n) is 3.59. The molecule has 0 aliphatic carbocycles. The minimum Gasteiger partial charge on any atom is -0.493 e. The molecule has 0 saturated heterocycles. The van der Waals surface area contributed by atoms with Crippen molar-refractivity contribution in [3.05, 3.63) is 28.4 Å². The lowest BCUT2D eigenvalue weighted by molar-refractivity contribution is 0.304. The van der Waals surface area contributed by atoms with Gasteiger partial charge in [-0.3, -0.25) is 4.79 Å².